The number of likely N-dealkylation sites (N-methyl/N-ethyl adjacent to an activating group) is 1. The predicted octanol–water partition coefficient (Wildman–Crippen LogP) is 5.34. The number of methoxy groups -OCH3 is 1. The van der Waals surface area contributed by atoms with Crippen LogP contribution >= 0.6 is 0 Å². The van der Waals surface area contributed by atoms with Gasteiger partial charge >= 0.3 is 0 Å². The first-order valence-corrected chi connectivity index (χ1v) is 8.28. The molecule has 1 rings (SSSR count). The van der Waals surface area contributed by atoms with Crippen LogP contribution in [0.1, 0.15) is 26.3 Å². The van der Waals surface area contributed by atoms with Crippen molar-refractivity contribution in [3.8, 4) is 0 Å². The fraction of sp³-hybridized carbons (Fsp3) is 0.364. The normalized spacial score (nSPS) is 10.7. The monoisotopic (exact) mass is 342 g/mol. The lowest BCUT2D eigenvalue weighted by Crippen LogP contribution is -2.15. The minimum Gasteiger partial charge on any atom is -0.388 e. The van der Waals surface area contributed by atoms with Crippen molar-refractivity contribution in [3.05, 3.63) is 72.1 Å². The molecule has 138 valence electrons. The van der Waals surface area contributed by atoms with Crippen LogP contribution in [0.3, 0.4) is 0 Å². The molecule has 0 saturated carbocycles. The van der Waals surface area contributed by atoms with E-state index >= 15 is 0 Å². The highest BCUT2D eigenvalue weighted by atomic mass is 16.4. The Morgan fingerprint density at radius 2 is 1.48 bits per heavy atom. The van der Waals surface area contributed by atoms with E-state index in [0.717, 1.165) is 22.5 Å². The van der Waals surface area contributed by atoms with Crippen LogP contribution in [0.4, 0.5) is 5.69 Å². The van der Waals surface area contributed by atoms with Crippen molar-refractivity contribution >= 4 is 11.3 Å². The molecule has 0 bridgehead atoms. The quantitative estimate of drug-likeness (QED) is 0.649. The Morgan fingerprint density at radius 1 is 1.00 bits per heavy atom. The molecule has 0 aliphatic heterocycles. The molecule has 0 atom stereocenters. The Balaban J connectivity index is 0.00000178. The van der Waals surface area contributed by atoms with Crippen LogP contribution in [0.15, 0.2) is 66.5 Å². The number of ether oxygens (including phenoxy) is 1. The third kappa shape index (κ3) is 7.44. The van der Waals surface area contributed by atoms with E-state index in [1.165, 1.54) is 11.3 Å². The molecule has 0 heterocycles. The molecule has 0 saturated heterocycles. The maximum Gasteiger partial charge on any atom is 0.0484 e. The highest BCUT2D eigenvalue weighted by molar-refractivity contribution is 5.78. The lowest BCUT2D eigenvalue weighted by atomic mass is 10.0. The van der Waals surface area contributed by atoms with Gasteiger partial charge in [0.05, 0.1) is 0 Å². The van der Waals surface area contributed by atoms with E-state index in [2.05, 4.69) is 71.9 Å². The number of anilines is 1. The molecule has 0 N–H and O–H groups in total. The Morgan fingerprint density at radius 3 is 1.80 bits per heavy atom. The van der Waals surface area contributed by atoms with Crippen LogP contribution in [0, 0.1) is 0 Å². The van der Waals surface area contributed by atoms with Gasteiger partial charge in [0.15, 0.2) is 0 Å². The number of hydrogen-bond donors (Lipinski definition) is 0. The molecular formula is C22H34N2O. The molecule has 3 nitrogen and oxygen atoms in total. The second-order valence-electron chi connectivity index (χ2n) is 6.37. The van der Waals surface area contributed by atoms with E-state index in [0.29, 0.717) is 0 Å². The van der Waals surface area contributed by atoms with Crippen molar-refractivity contribution in [2.24, 2.45) is 0 Å². The van der Waals surface area contributed by atoms with Gasteiger partial charge in [-0.1, -0.05) is 36.9 Å². The summed E-state index contributed by atoms with van der Waals surface area (Å²) in [4.78, 5) is 4.20. The molecule has 1 aromatic carbocycles. The summed E-state index contributed by atoms with van der Waals surface area (Å²) in [6.07, 6.45) is 4.09. The average Bonchev–Trinajstić information content (AvgIpc) is 2.54. The first-order valence-electron chi connectivity index (χ1n) is 8.28. The first kappa shape index (κ1) is 22.7. The van der Waals surface area contributed by atoms with Crippen LogP contribution < -0.4 is 4.90 Å². The van der Waals surface area contributed by atoms with Crippen molar-refractivity contribution in [1.82, 2.24) is 4.90 Å². The van der Waals surface area contributed by atoms with Crippen LogP contribution in [0.5, 0.6) is 0 Å². The zero-order chi connectivity index (χ0) is 19.6. The molecule has 0 radical (unpaired) electrons. The SMILES string of the molecule is C=C/C(=C(/C=C(C)C)N(C)C(=C)C)c1ccc(N(C)C)cc1.COC. The molecule has 25 heavy (non-hydrogen) atoms. The van der Waals surface area contributed by atoms with Crippen molar-refractivity contribution < 1.29 is 4.74 Å². The van der Waals surface area contributed by atoms with E-state index in [4.69, 9.17) is 0 Å². The summed E-state index contributed by atoms with van der Waals surface area (Å²) in [7, 11) is 9.38. The third-order valence-electron chi connectivity index (χ3n) is 3.53. The number of hydrogen-bond acceptors (Lipinski definition) is 3. The van der Waals surface area contributed by atoms with E-state index < -0.39 is 0 Å². The fourth-order valence-corrected chi connectivity index (χ4v) is 2.14. The lowest BCUT2D eigenvalue weighted by molar-refractivity contribution is 0.277. The van der Waals surface area contributed by atoms with Gasteiger partial charge in [0, 0.05) is 58.0 Å². The summed E-state index contributed by atoms with van der Waals surface area (Å²) in [5, 5.41) is 0. The van der Waals surface area contributed by atoms with Crippen LogP contribution in [0.2, 0.25) is 0 Å². The Hall–Kier alpha value is -2.26. The van der Waals surface area contributed by atoms with Crippen molar-refractivity contribution in [1.29, 1.82) is 0 Å². The van der Waals surface area contributed by atoms with Crippen LogP contribution in [-0.4, -0.2) is 40.3 Å². The minimum atomic E-state index is 0.997. The van der Waals surface area contributed by atoms with Crippen LogP contribution in [-0.2, 0) is 4.74 Å². The van der Waals surface area contributed by atoms with Gasteiger partial charge in [-0.05, 0) is 44.5 Å². The first-order chi connectivity index (χ1) is 11.7. The number of benzene rings is 1. The summed E-state index contributed by atoms with van der Waals surface area (Å²) in [5.74, 6) is 0. The summed E-state index contributed by atoms with van der Waals surface area (Å²) in [6, 6.07) is 8.52. The zero-order valence-electron chi connectivity index (χ0n) is 17.2. The summed E-state index contributed by atoms with van der Waals surface area (Å²) in [5.41, 5.74) is 6.80. The molecular weight excluding hydrogens is 308 g/mol. The van der Waals surface area contributed by atoms with Gasteiger partial charge in [0.2, 0.25) is 0 Å². The van der Waals surface area contributed by atoms with Crippen molar-refractivity contribution in [3.63, 3.8) is 0 Å². The molecule has 0 aromatic heterocycles. The molecule has 1 aromatic rings. The van der Waals surface area contributed by atoms with E-state index in [9.17, 15) is 0 Å². The highest BCUT2D eigenvalue weighted by Gasteiger charge is 2.10. The Labute approximate surface area is 154 Å². The Kier molecular flexibility index (Phi) is 10.3. The highest BCUT2D eigenvalue weighted by Crippen LogP contribution is 2.27. The maximum absolute atomic E-state index is 4.25. The fourth-order valence-electron chi connectivity index (χ4n) is 2.14. The van der Waals surface area contributed by atoms with Gasteiger partial charge in [-0.2, -0.15) is 0 Å². The number of rotatable bonds is 6. The standard InChI is InChI=1S/C20H28N2.C2H6O/c1-9-19(17-10-12-18(13-11-17)21(6)7)20(14-15(2)3)22(8)16(4)5;1-3-2/h9-14H,1,4H2,2-3,5-8H3;1-2H3/b20-19+;. The van der Waals surface area contributed by atoms with Gasteiger partial charge < -0.3 is 14.5 Å². The summed E-state index contributed by atoms with van der Waals surface area (Å²) >= 11 is 0. The Bertz CT molecular complexity index is 618. The minimum absolute atomic E-state index is 0.997. The average molecular weight is 343 g/mol. The summed E-state index contributed by atoms with van der Waals surface area (Å²) < 4.78 is 4.25. The van der Waals surface area contributed by atoms with Gasteiger partial charge in [0.25, 0.3) is 0 Å². The van der Waals surface area contributed by atoms with E-state index in [1.807, 2.05) is 34.1 Å². The molecule has 0 unspecified atom stereocenters. The second-order valence-corrected chi connectivity index (χ2v) is 6.37. The predicted molar refractivity (Wildman–Crippen MR) is 113 cm³/mol. The van der Waals surface area contributed by atoms with Gasteiger partial charge in [-0.25, -0.2) is 0 Å². The molecule has 0 aliphatic rings. The molecule has 0 amide bonds. The molecule has 0 fully saturated rings. The van der Waals surface area contributed by atoms with Gasteiger partial charge in [-0.15, -0.1) is 0 Å². The molecule has 0 aliphatic carbocycles. The smallest absolute Gasteiger partial charge is 0.0484 e. The van der Waals surface area contributed by atoms with E-state index in [-0.39, 0.29) is 0 Å². The van der Waals surface area contributed by atoms with Gasteiger partial charge in [0.1, 0.15) is 0 Å². The largest absolute Gasteiger partial charge is 0.388 e. The molecule has 0 spiro atoms. The number of nitrogens with zero attached hydrogens (tertiary/aromatic N) is 2. The maximum atomic E-state index is 4.25. The number of allylic oxidation sites excluding steroid dienone is 5. The summed E-state index contributed by atoms with van der Waals surface area (Å²) in [6.45, 7) is 14.3. The van der Waals surface area contributed by atoms with Crippen molar-refractivity contribution in [2.75, 3.05) is 40.3 Å². The van der Waals surface area contributed by atoms with E-state index in [1.54, 1.807) is 14.2 Å². The second kappa shape index (κ2) is 11.3. The topological polar surface area (TPSA) is 15.7 Å². The van der Waals surface area contributed by atoms with Crippen LogP contribution in [0.25, 0.3) is 5.57 Å². The lowest BCUT2D eigenvalue weighted by Gasteiger charge is -2.24. The third-order valence-corrected chi connectivity index (χ3v) is 3.53. The van der Waals surface area contributed by atoms with Gasteiger partial charge in [-0.3, -0.25) is 0 Å². The molecule has 3 heteroatoms. The zero-order valence-corrected chi connectivity index (χ0v) is 17.2. The van der Waals surface area contributed by atoms with Crippen molar-refractivity contribution in [2.45, 2.75) is 20.8 Å².